The Kier molecular flexibility index (Phi) is 4.11. The lowest BCUT2D eigenvalue weighted by atomic mass is 9.78. The van der Waals surface area contributed by atoms with Gasteiger partial charge in [-0.3, -0.25) is 11.3 Å². The predicted octanol–water partition coefficient (Wildman–Crippen LogP) is 4.31. The Balaban J connectivity index is 1.80. The Morgan fingerprint density at radius 3 is 2.52 bits per heavy atom. The van der Waals surface area contributed by atoms with Crippen LogP contribution in [0.25, 0.3) is 0 Å². The minimum atomic E-state index is 0.167. The van der Waals surface area contributed by atoms with Crippen LogP contribution < -0.4 is 11.3 Å². The van der Waals surface area contributed by atoms with E-state index in [9.17, 15) is 0 Å². The summed E-state index contributed by atoms with van der Waals surface area (Å²) in [5, 5.41) is 0. The maximum Gasteiger partial charge on any atom is 0.0465 e. The van der Waals surface area contributed by atoms with E-state index in [-0.39, 0.29) is 5.41 Å². The molecule has 2 fully saturated rings. The molecule has 116 valence electrons. The highest BCUT2D eigenvalue weighted by Gasteiger charge is 2.40. The molecular formula is C19H30N2. The van der Waals surface area contributed by atoms with Crippen molar-refractivity contribution in [3.8, 4) is 0 Å². The van der Waals surface area contributed by atoms with Gasteiger partial charge in [-0.05, 0) is 60.0 Å². The second kappa shape index (κ2) is 5.73. The van der Waals surface area contributed by atoms with Gasteiger partial charge >= 0.3 is 0 Å². The van der Waals surface area contributed by atoms with Crippen LogP contribution in [0.15, 0.2) is 24.3 Å². The second-order valence-electron chi connectivity index (χ2n) is 8.23. The van der Waals surface area contributed by atoms with E-state index in [4.69, 9.17) is 5.84 Å². The highest BCUT2D eigenvalue weighted by atomic mass is 15.2. The van der Waals surface area contributed by atoms with E-state index in [1.54, 1.807) is 0 Å². The zero-order valence-electron chi connectivity index (χ0n) is 13.7. The zero-order chi connectivity index (χ0) is 15.0. The van der Waals surface area contributed by atoms with Crippen molar-refractivity contribution >= 4 is 0 Å². The summed E-state index contributed by atoms with van der Waals surface area (Å²) in [6, 6.07) is 9.12. The van der Waals surface area contributed by atoms with Crippen LogP contribution in [0.3, 0.4) is 0 Å². The van der Waals surface area contributed by atoms with Crippen LogP contribution in [0.5, 0.6) is 0 Å². The fourth-order valence-corrected chi connectivity index (χ4v) is 4.74. The lowest BCUT2D eigenvalue weighted by Crippen LogP contribution is -2.32. The van der Waals surface area contributed by atoms with Gasteiger partial charge < -0.3 is 0 Å². The van der Waals surface area contributed by atoms with Crippen LogP contribution in [0, 0.1) is 17.8 Å². The Hall–Kier alpha value is -0.860. The van der Waals surface area contributed by atoms with Crippen molar-refractivity contribution in [2.45, 2.75) is 64.3 Å². The van der Waals surface area contributed by atoms with Gasteiger partial charge in [0, 0.05) is 6.04 Å². The largest absolute Gasteiger partial charge is 0.271 e. The summed E-state index contributed by atoms with van der Waals surface area (Å²) in [6.07, 6.45) is 7.03. The molecule has 2 aliphatic rings. The van der Waals surface area contributed by atoms with Gasteiger partial charge in [-0.25, -0.2) is 0 Å². The first-order valence-corrected chi connectivity index (χ1v) is 8.54. The van der Waals surface area contributed by atoms with Crippen LogP contribution in [0.2, 0.25) is 0 Å². The number of nitrogens with one attached hydrogen (secondary N) is 1. The molecule has 2 nitrogen and oxygen atoms in total. The minimum Gasteiger partial charge on any atom is -0.271 e. The average Bonchev–Trinajstić information content (AvgIpc) is 3.06. The fraction of sp³-hybridized carbons (Fsp3) is 0.684. The highest BCUT2D eigenvalue weighted by Crippen LogP contribution is 2.51. The van der Waals surface area contributed by atoms with Gasteiger partial charge in [-0.15, -0.1) is 0 Å². The molecule has 1 aromatic rings. The standard InChI is InChI=1S/C19H30N2/c1-19(2,3)17-7-5-4-6-16(17)18(21-20)12-15-11-13-8-9-14(15)10-13/h4-7,13-15,18,21H,8-12,20H2,1-3H3. The van der Waals surface area contributed by atoms with Gasteiger partial charge in [-0.1, -0.05) is 51.5 Å². The Bertz CT molecular complexity index is 489. The van der Waals surface area contributed by atoms with E-state index in [1.807, 2.05) is 0 Å². The third-order valence-corrected chi connectivity index (χ3v) is 5.77. The normalized spacial score (nSPS) is 29.8. The van der Waals surface area contributed by atoms with Gasteiger partial charge in [0.2, 0.25) is 0 Å². The second-order valence-corrected chi connectivity index (χ2v) is 8.23. The quantitative estimate of drug-likeness (QED) is 0.639. The summed E-state index contributed by atoms with van der Waals surface area (Å²) in [7, 11) is 0. The third-order valence-electron chi connectivity index (χ3n) is 5.77. The molecule has 2 saturated carbocycles. The van der Waals surface area contributed by atoms with Gasteiger partial charge in [0.15, 0.2) is 0 Å². The van der Waals surface area contributed by atoms with Gasteiger partial charge in [0.1, 0.15) is 0 Å². The van der Waals surface area contributed by atoms with Gasteiger partial charge in [0.05, 0.1) is 0 Å². The molecule has 2 heteroatoms. The third kappa shape index (κ3) is 3.02. The highest BCUT2D eigenvalue weighted by molar-refractivity contribution is 5.35. The first-order valence-electron chi connectivity index (χ1n) is 8.54. The topological polar surface area (TPSA) is 38.0 Å². The van der Waals surface area contributed by atoms with E-state index in [0.29, 0.717) is 6.04 Å². The maximum atomic E-state index is 5.94. The zero-order valence-corrected chi connectivity index (χ0v) is 13.7. The van der Waals surface area contributed by atoms with Gasteiger partial charge in [-0.2, -0.15) is 0 Å². The van der Waals surface area contributed by atoms with E-state index < -0.39 is 0 Å². The molecule has 0 aliphatic heterocycles. The molecule has 3 rings (SSSR count). The Morgan fingerprint density at radius 1 is 1.19 bits per heavy atom. The number of fused-ring (bicyclic) bond motifs is 2. The molecule has 0 saturated heterocycles. The molecule has 3 N–H and O–H groups in total. The summed E-state index contributed by atoms with van der Waals surface area (Å²) in [4.78, 5) is 0. The number of hydrogen-bond donors (Lipinski definition) is 2. The molecule has 0 heterocycles. The monoisotopic (exact) mass is 286 g/mol. The summed E-state index contributed by atoms with van der Waals surface area (Å²) in [5.74, 6) is 8.79. The number of nitrogens with two attached hydrogens (primary N) is 1. The van der Waals surface area contributed by atoms with Crippen molar-refractivity contribution in [2.75, 3.05) is 0 Å². The van der Waals surface area contributed by atoms with Crippen molar-refractivity contribution in [1.29, 1.82) is 0 Å². The van der Waals surface area contributed by atoms with Crippen LogP contribution in [0.4, 0.5) is 0 Å². The van der Waals surface area contributed by atoms with Crippen molar-refractivity contribution in [1.82, 2.24) is 5.43 Å². The smallest absolute Gasteiger partial charge is 0.0465 e. The maximum absolute atomic E-state index is 5.94. The predicted molar refractivity (Wildman–Crippen MR) is 88.8 cm³/mol. The molecule has 2 aliphatic carbocycles. The summed E-state index contributed by atoms with van der Waals surface area (Å²) >= 11 is 0. The van der Waals surface area contributed by atoms with Crippen LogP contribution in [-0.4, -0.2) is 0 Å². The van der Waals surface area contributed by atoms with Crippen LogP contribution in [0.1, 0.15) is 70.0 Å². The molecule has 0 spiro atoms. The number of rotatable bonds is 4. The SMILES string of the molecule is CC(C)(C)c1ccccc1C(CC1CC2CCC1C2)NN. The molecule has 0 amide bonds. The first kappa shape index (κ1) is 15.1. The Labute approximate surface area is 129 Å². The molecule has 0 radical (unpaired) electrons. The Morgan fingerprint density at radius 2 is 1.95 bits per heavy atom. The van der Waals surface area contributed by atoms with Crippen molar-refractivity contribution < 1.29 is 0 Å². The average molecular weight is 286 g/mol. The molecule has 21 heavy (non-hydrogen) atoms. The lowest BCUT2D eigenvalue weighted by Gasteiger charge is -2.31. The first-order chi connectivity index (χ1) is 9.99. The summed E-state index contributed by atoms with van der Waals surface area (Å²) in [6.45, 7) is 6.87. The summed E-state index contributed by atoms with van der Waals surface area (Å²) < 4.78 is 0. The van der Waals surface area contributed by atoms with Crippen molar-refractivity contribution in [3.05, 3.63) is 35.4 Å². The van der Waals surface area contributed by atoms with Crippen molar-refractivity contribution in [2.24, 2.45) is 23.6 Å². The van der Waals surface area contributed by atoms with Crippen molar-refractivity contribution in [3.63, 3.8) is 0 Å². The molecule has 1 aromatic carbocycles. The lowest BCUT2D eigenvalue weighted by molar-refractivity contribution is 0.279. The molecule has 4 unspecified atom stereocenters. The van der Waals surface area contributed by atoms with Gasteiger partial charge in [0.25, 0.3) is 0 Å². The number of hydrazine groups is 1. The minimum absolute atomic E-state index is 0.167. The fourth-order valence-electron chi connectivity index (χ4n) is 4.74. The van der Waals surface area contributed by atoms with Crippen LogP contribution >= 0.6 is 0 Å². The van der Waals surface area contributed by atoms with E-state index in [2.05, 4.69) is 50.5 Å². The van der Waals surface area contributed by atoms with E-state index in [1.165, 1.54) is 43.2 Å². The van der Waals surface area contributed by atoms with Crippen LogP contribution in [-0.2, 0) is 5.41 Å². The molecule has 0 aromatic heterocycles. The molecular weight excluding hydrogens is 256 g/mol. The molecule has 2 bridgehead atoms. The molecule has 4 atom stereocenters. The number of benzene rings is 1. The summed E-state index contributed by atoms with van der Waals surface area (Å²) in [5.41, 5.74) is 6.11. The number of hydrogen-bond acceptors (Lipinski definition) is 2. The van der Waals surface area contributed by atoms with E-state index >= 15 is 0 Å². The van der Waals surface area contributed by atoms with E-state index in [0.717, 1.165) is 17.8 Å².